The van der Waals surface area contributed by atoms with E-state index in [4.69, 9.17) is 5.26 Å². The summed E-state index contributed by atoms with van der Waals surface area (Å²) in [5.41, 5.74) is 2.66. The molecule has 4 rings (SSSR count). The molecule has 0 aliphatic carbocycles. The van der Waals surface area contributed by atoms with Gasteiger partial charge in [0.25, 0.3) is 5.91 Å². The zero-order valence-electron chi connectivity index (χ0n) is 13.8. The van der Waals surface area contributed by atoms with Crippen LogP contribution in [0.4, 0.5) is 11.5 Å². The summed E-state index contributed by atoms with van der Waals surface area (Å²) in [5.74, 6) is 0.571. The number of aromatic nitrogens is 2. The van der Waals surface area contributed by atoms with Gasteiger partial charge in [-0.25, -0.2) is 9.97 Å². The van der Waals surface area contributed by atoms with Crippen LogP contribution in [0.1, 0.15) is 26.5 Å². The molecule has 0 aromatic carbocycles. The average molecular weight is 361 g/mol. The lowest BCUT2D eigenvalue weighted by Gasteiger charge is -2.28. The average Bonchev–Trinajstić information content (AvgIpc) is 3.16. The van der Waals surface area contributed by atoms with Gasteiger partial charge >= 0.3 is 0 Å². The lowest BCUT2D eigenvalue weighted by atomic mass is 10.1. The third-order valence-electron chi connectivity index (χ3n) is 4.26. The van der Waals surface area contributed by atoms with Gasteiger partial charge in [0.05, 0.1) is 17.4 Å². The van der Waals surface area contributed by atoms with Crippen LogP contribution in [0.15, 0.2) is 48.1 Å². The summed E-state index contributed by atoms with van der Waals surface area (Å²) in [6, 6.07) is 11.0. The third-order valence-corrected chi connectivity index (χ3v) is 5.29. The molecule has 0 saturated heterocycles. The van der Waals surface area contributed by atoms with Crippen molar-refractivity contribution in [2.75, 3.05) is 16.8 Å². The summed E-state index contributed by atoms with van der Waals surface area (Å²) in [6.45, 7) is 1.81. The van der Waals surface area contributed by atoms with Gasteiger partial charge in [-0.05, 0) is 47.7 Å². The van der Waals surface area contributed by atoms with Crippen LogP contribution in [0.3, 0.4) is 0 Å². The maximum Gasteiger partial charge on any atom is 0.274 e. The number of thiophene rings is 1. The summed E-state index contributed by atoms with van der Waals surface area (Å²) in [5, 5.41) is 13.7. The van der Waals surface area contributed by atoms with E-state index < -0.39 is 0 Å². The van der Waals surface area contributed by atoms with Crippen molar-refractivity contribution < 1.29 is 4.79 Å². The molecule has 1 amide bonds. The topological polar surface area (TPSA) is 81.9 Å². The minimum absolute atomic E-state index is 0.258. The molecule has 26 heavy (non-hydrogen) atoms. The van der Waals surface area contributed by atoms with E-state index in [0.717, 1.165) is 25.3 Å². The van der Waals surface area contributed by atoms with Crippen molar-refractivity contribution in [2.24, 2.45) is 0 Å². The highest BCUT2D eigenvalue weighted by Crippen LogP contribution is 2.27. The van der Waals surface area contributed by atoms with Crippen LogP contribution < -0.4 is 10.2 Å². The molecule has 4 heterocycles. The number of rotatable bonds is 3. The zero-order valence-corrected chi connectivity index (χ0v) is 14.7. The number of pyridine rings is 2. The van der Waals surface area contributed by atoms with Crippen LogP contribution in [-0.4, -0.2) is 22.4 Å². The SMILES string of the molecule is N#Cc1ccc(C(=O)Nc2ccc(N3CCc4sccc4C3)nc2)nc1. The second-order valence-corrected chi connectivity index (χ2v) is 6.94. The number of amides is 1. The molecule has 7 heteroatoms. The lowest BCUT2D eigenvalue weighted by Crippen LogP contribution is -2.30. The normalized spacial score (nSPS) is 13.0. The first-order chi connectivity index (χ1) is 12.7. The fraction of sp³-hybridized carbons (Fsp3) is 0.158. The Balaban J connectivity index is 1.43. The number of carbonyl (C=O) groups excluding carboxylic acids is 1. The summed E-state index contributed by atoms with van der Waals surface area (Å²) in [4.78, 5) is 24.4. The van der Waals surface area contributed by atoms with Crippen LogP contribution in [0, 0.1) is 11.3 Å². The van der Waals surface area contributed by atoms with E-state index in [1.807, 2.05) is 29.5 Å². The Bertz CT molecular complexity index is 972. The predicted octanol–water partition coefficient (Wildman–Crippen LogP) is 3.22. The van der Waals surface area contributed by atoms with Gasteiger partial charge in [0, 0.05) is 24.2 Å². The number of hydrogen-bond acceptors (Lipinski definition) is 6. The largest absolute Gasteiger partial charge is 0.352 e. The Morgan fingerprint density at radius 1 is 1.19 bits per heavy atom. The monoisotopic (exact) mass is 361 g/mol. The van der Waals surface area contributed by atoms with E-state index in [1.54, 1.807) is 12.3 Å². The molecule has 0 saturated carbocycles. The van der Waals surface area contributed by atoms with Crippen molar-refractivity contribution in [1.82, 2.24) is 9.97 Å². The molecule has 0 spiro atoms. The Morgan fingerprint density at radius 3 is 2.85 bits per heavy atom. The minimum Gasteiger partial charge on any atom is -0.352 e. The van der Waals surface area contributed by atoms with E-state index in [0.29, 0.717) is 11.3 Å². The van der Waals surface area contributed by atoms with Gasteiger partial charge in [0.2, 0.25) is 0 Å². The van der Waals surface area contributed by atoms with Crippen molar-refractivity contribution in [3.63, 3.8) is 0 Å². The summed E-state index contributed by atoms with van der Waals surface area (Å²) in [6.07, 6.45) is 4.07. The molecular formula is C19H15N5OS. The molecule has 0 unspecified atom stereocenters. The van der Waals surface area contributed by atoms with E-state index in [2.05, 4.69) is 31.6 Å². The Morgan fingerprint density at radius 2 is 2.12 bits per heavy atom. The van der Waals surface area contributed by atoms with Crippen LogP contribution in [0.5, 0.6) is 0 Å². The summed E-state index contributed by atoms with van der Waals surface area (Å²) < 4.78 is 0. The molecule has 0 atom stereocenters. The number of hydrogen-bond donors (Lipinski definition) is 1. The maximum absolute atomic E-state index is 12.2. The van der Waals surface area contributed by atoms with E-state index in [-0.39, 0.29) is 11.6 Å². The fourth-order valence-electron chi connectivity index (χ4n) is 2.88. The van der Waals surface area contributed by atoms with Gasteiger partial charge in [-0.1, -0.05) is 0 Å². The highest BCUT2D eigenvalue weighted by molar-refractivity contribution is 7.10. The van der Waals surface area contributed by atoms with Crippen LogP contribution >= 0.6 is 11.3 Å². The Labute approximate surface area is 154 Å². The molecule has 0 fully saturated rings. The molecule has 0 radical (unpaired) electrons. The molecular weight excluding hydrogens is 346 g/mol. The van der Waals surface area contributed by atoms with Crippen molar-refractivity contribution in [3.05, 3.63) is 69.8 Å². The minimum atomic E-state index is -0.329. The molecule has 3 aromatic heterocycles. The van der Waals surface area contributed by atoms with E-state index >= 15 is 0 Å². The fourth-order valence-corrected chi connectivity index (χ4v) is 3.77. The predicted molar refractivity (Wildman–Crippen MR) is 100 cm³/mol. The van der Waals surface area contributed by atoms with Crippen molar-refractivity contribution in [2.45, 2.75) is 13.0 Å². The van der Waals surface area contributed by atoms with Gasteiger partial charge in [-0.3, -0.25) is 4.79 Å². The van der Waals surface area contributed by atoms with Gasteiger partial charge in [-0.15, -0.1) is 11.3 Å². The highest BCUT2D eigenvalue weighted by Gasteiger charge is 2.18. The summed E-state index contributed by atoms with van der Waals surface area (Å²) >= 11 is 1.81. The third kappa shape index (κ3) is 3.27. The lowest BCUT2D eigenvalue weighted by molar-refractivity contribution is 0.102. The number of carbonyl (C=O) groups is 1. The molecule has 3 aromatic rings. The van der Waals surface area contributed by atoms with E-state index in [9.17, 15) is 4.79 Å². The zero-order chi connectivity index (χ0) is 17.9. The Kier molecular flexibility index (Phi) is 4.33. The van der Waals surface area contributed by atoms with Crippen molar-refractivity contribution in [3.8, 4) is 6.07 Å². The highest BCUT2D eigenvalue weighted by atomic mass is 32.1. The molecule has 128 valence electrons. The first-order valence-electron chi connectivity index (χ1n) is 8.17. The van der Waals surface area contributed by atoms with Crippen LogP contribution in [-0.2, 0) is 13.0 Å². The first-order valence-corrected chi connectivity index (χ1v) is 9.04. The number of fused-ring (bicyclic) bond motifs is 1. The smallest absolute Gasteiger partial charge is 0.274 e. The number of nitriles is 1. The van der Waals surface area contributed by atoms with Crippen molar-refractivity contribution >= 4 is 28.7 Å². The first kappa shape index (κ1) is 16.2. The number of nitrogens with one attached hydrogen (secondary N) is 1. The van der Waals surface area contributed by atoms with Crippen LogP contribution in [0.2, 0.25) is 0 Å². The summed E-state index contributed by atoms with van der Waals surface area (Å²) in [7, 11) is 0. The van der Waals surface area contributed by atoms with Gasteiger partial charge in [-0.2, -0.15) is 5.26 Å². The van der Waals surface area contributed by atoms with E-state index in [1.165, 1.54) is 22.7 Å². The molecule has 6 nitrogen and oxygen atoms in total. The molecule has 1 aliphatic heterocycles. The molecule has 0 bridgehead atoms. The van der Waals surface area contributed by atoms with Crippen molar-refractivity contribution in [1.29, 1.82) is 5.26 Å². The Hall–Kier alpha value is -3.24. The van der Waals surface area contributed by atoms with Gasteiger partial charge in [0.15, 0.2) is 0 Å². The number of nitrogens with zero attached hydrogens (tertiary/aromatic N) is 4. The maximum atomic E-state index is 12.2. The van der Waals surface area contributed by atoms with Gasteiger partial charge in [0.1, 0.15) is 17.6 Å². The standard InChI is InChI=1S/C19H15N5OS/c20-9-13-1-3-16(21-10-13)19(25)23-15-2-4-18(22-11-15)24-7-5-17-14(12-24)6-8-26-17/h1-4,6,8,10-11H,5,7,12H2,(H,23,25). The molecule has 1 aliphatic rings. The molecule has 1 N–H and O–H groups in total. The second kappa shape index (κ2) is 6.94. The second-order valence-electron chi connectivity index (χ2n) is 5.94. The van der Waals surface area contributed by atoms with Crippen LogP contribution in [0.25, 0.3) is 0 Å². The quantitative estimate of drug-likeness (QED) is 0.774. The number of anilines is 2. The van der Waals surface area contributed by atoms with Gasteiger partial charge < -0.3 is 10.2 Å².